The van der Waals surface area contributed by atoms with Gasteiger partial charge < -0.3 is 14.6 Å². The maximum absolute atomic E-state index is 13.8. The molecular weight excluding hydrogens is 535 g/mol. The van der Waals surface area contributed by atoms with Crippen LogP contribution in [-0.4, -0.2) is 39.1 Å². The largest absolute Gasteiger partial charge is 0.488 e. The number of aryl methyl sites for hydroxylation is 1. The van der Waals surface area contributed by atoms with Crippen LogP contribution < -0.4 is 4.74 Å². The molecule has 2 aromatic carbocycles. The molecule has 1 fully saturated rings. The number of methoxy groups -OCH3 is 1. The van der Waals surface area contributed by atoms with Crippen molar-refractivity contribution in [2.75, 3.05) is 7.11 Å². The number of halogens is 3. The summed E-state index contributed by atoms with van der Waals surface area (Å²) in [6, 6.07) is 18.1. The molecule has 1 saturated carbocycles. The molecule has 4 aromatic rings. The highest BCUT2D eigenvalue weighted by atomic mass is 19.4. The number of pyridine rings is 1. The minimum atomic E-state index is -4.94. The molecule has 214 valence electrons. The van der Waals surface area contributed by atoms with Crippen LogP contribution in [0.2, 0.25) is 0 Å². The number of nitrogens with zero attached hydrogens (tertiary/aromatic N) is 3. The molecule has 0 saturated heterocycles. The van der Waals surface area contributed by atoms with Crippen LogP contribution in [0.4, 0.5) is 13.2 Å². The van der Waals surface area contributed by atoms with E-state index in [1.165, 1.54) is 11.6 Å². The third kappa shape index (κ3) is 6.12. The number of para-hydroxylation sites is 1. The monoisotopic (exact) mass is 565 g/mol. The van der Waals surface area contributed by atoms with Crippen LogP contribution in [0.5, 0.6) is 5.75 Å². The molecule has 0 atom stereocenters. The van der Waals surface area contributed by atoms with Gasteiger partial charge in [0.05, 0.1) is 18.0 Å². The number of hydrogen-bond acceptors (Lipinski definition) is 5. The number of hydrogen-bond donors (Lipinski definition) is 1. The molecule has 0 amide bonds. The fourth-order valence-electron chi connectivity index (χ4n) is 5.37. The number of carboxylic acids is 1. The van der Waals surface area contributed by atoms with Gasteiger partial charge in [-0.2, -0.15) is 18.3 Å². The molecule has 1 N–H and O–H groups in total. The predicted octanol–water partition coefficient (Wildman–Crippen LogP) is 7.21. The first kappa shape index (κ1) is 28.4. The Bertz CT molecular complexity index is 1540. The minimum absolute atomic E-state index is 0.164. The van der Waals surface area contributed by atoms with Gasteiger partial charge in [0.25, 0.3) is 0 Å². The topological polar surface area (TPSA) is 86.5 Å². The van der Waals surface area contributed by atoms with Crippen molar-refractivity contribution in [3.05, 3.63) is 94.8 Å². The summed E-state index contributed by atoms with van der Waals surface area (Å²) in [4.78, 5) is 15.8. The highest BCUT2D eigenvalue weighted by molar-refractivity contribution is 5.89. The summed E-state index contributed by atoms with van der Waals surface area (Å²) in [7, 11) is 1.77. The van der Waals surface area contributed by atoms with E-state index in [0.29, 0.717) is 46.5 Å². The lowest BCUT2D eigenvalue weighted by Gasteiger charge is -2.28. The summed E-state index contributed by atoms with van der Waals surface area (Å²) in [5, 5.41) is 12.9. The van der Waals surface area contributed by atoms with E-state index in [9.17, 15) is 23.1 Å². The lowest BCUT2D eigenvalue weighted by molar-refractivity contribution is -0.143. The first-order valence-corrected chi connectivity index (χ1v) is 13.4. The second-order valence-electron chi connectivity index (χ2n) is 10.2. The van der Waals surface area contributed by atoms with Crippen LogP contribution >= 0.6 is 0 Å². The summed E-state index contributed by atoms with van der Waals surface area (Å²) in [6.45, 7) is 2.37. The molecule has 1 aliphatic rings. The van der Waals surface area contributed by atoms with Crippen molar-refractivity contribution in [1.82, 2.24) is 14.8 Å². The number of benzene rings is 2. The van der Waals surface area contributed by atoms with Crippen molar-refractivity contribution in [3.8, 4) is 22.8 Å². The Morgan fingerprint density at radius 2 is 1.80 bits per heavy atom. The van der Waals surface area contributed by atoms with Crippen LogP contribution in [0.3, 0.4) is 0 Å². The van der Waals surface area contributed by atoms with E-state index >= 15 is 0 Å². The number of carboxylic acid groups (broad SMARTS) is 1. The average Bonchev–Trinajstić information content (AvgIpc) is 3.44. The fourth-order valence-corrected chi connectivity index (χ4v) is 5.37. The van der Waals surface area contributed by atoms with Crippen molar-refractivity contribution in [2.24, 2.45) is 0 Å². The minimum Gasteiger partial charge on any atom is -0.488 e. The average molecular weight is 566 g/mol. The van der Waals surface area contributed by atoms with Crippen molar-refractivity contribution in [3.63, 3.8) is 0 Å². The summed E-state index contributed by atoms with van der Waals surface area (Å²) >= 11 is 0. The second-order valence-corrected chi connectivity index (χ2v) is 10.2. The zero-order valence-corrected chi connectivity index (χ0v) is 22.7. The van der Waals surface area contributed by atoms with Gasteiger partial charge in [-0.3, -0.25) is 0 Å². The van der Waals surface area contributed by atoms with Crippen molar-refractivity contribution < 1.29 is 32.5 Å². The Kier molecular flexibility index (Phi) is 8.12. The molecule has 5 rings (SSSR count). The van der Waals surface area contributed by atoms with Crippen LogP contribution in [0.1, 0.15) is 64.3 Å². The van der Waals surface area contributed by atoms with Crippen LogP contribution in [-0.2, 0) is 17.5 Å². The highest BCUT2D eigenvalue weighted by Gasteiger charge is 2.41. The SMILES string of the molecule is COC1CCC(c2ccc(COc3ccccc3-c3cccc(-n4ncc(C(=O)O)c4C(F)(F)F)n3)c(C)c2)CC1. The zero-order chi connectivity index (χ0) is 29.1. The summed E-state index contributed by atoms with van der Waals surface area (Å²) in [6.07, 6.45) is 0.422. The number of aromatic nitrogens is 3. The predicted molar refractivity (Wildman–Crippen MR) is 146 cm³/mol. The van der Waals surface area contributed by atoms with E-state index in [2.05, 4.69) is 35.2 Å². The van der Waals surface area contributed by atoms with Crippen molar-refractivity contribution in [1.29, 1.82) is 0 Å². The first-order chi connectivity index (χ1) is 19.7. The first-order valence-electron chi connectivity index (χ1n) is 13.4. The van der Waals surface area contributed by atoms with E-state index in [1.807, 2.05) is 6.07 Å². The van der Waals surface area contributed by atoms with E-state index in [-0.39, 0.29) is 5.82 Å². The third-order valence-electron chi connectivity index (χ3n) is 7.61. The van der Waals surface area contributed by atoms with Gasteiger partial charge in [-0.1, -0.05) is 36.4 Å². The Morgan fingerprint density at radius 1 is 1.05 bits per heavy atom. The van der Waals surface area contributed by atoms with Gasteiger partial charge in [-0.25, -0.2) is 14.5 Å². The van der Waals surface area contributed by atoms with Gasteiger partial charge in [0, 0.05) is 12.7 Å². The molecule has 10 heteroatoms. The molecule has 7 nitrogen and oxygen atoms in total. The molecule has 0 aliphatic heterocycles. The van der Waals surface area contributed by atoms with Crippen LogP contribution in [0.25, 0.3) is 17.1 Å². The molecule has 2 heterocycles. The number of ether oxygens (including phenoxy) is 2. The number of alkyl halides is 3. The lowest BCUT2D eigenvalue weighted by atomic mass is 9.82. The normalized spacial score (nSPS) is 17.4. The van der Waals surface area contributed by atoms with E-state index in [1.54, 1.807) is 37.4 Å². The third-order valence-corrected chi connectivity index (χ3v) is 7.61. The van der Waals surface area contributed by atoms with Crippen LogP contribution in [0.15, 0.2) is 66.9 Å². The molecule has 0 radical (unpaired) electrons. The Hall–Kier alpha value is -4.18. The van der Waals surface area contributed by atoms with E-state index < -0.39 is 23.4 Å². The molecule has 0 unspecified atom stereocenters. The molecule has 1 aliphatic carbocycles. The van der Waals surface area contributed by atoms with E-state index in [4.69, 9.17) is 9.47 Å². The molecule has 0 spiro atoms. The lowest BCUT2D eigenvalue weighted by Crippen LogP contribution is -2.19. The molecule has 0 bridgehead atoms. The van der Waals surface area contributed by atoms with E-state index in [0.717, 1.165) is 36.8 Å². The summed E-state index contributed by atoms with van der Waals surface area (Å²) < 4.78 is 53.5. The fraction of sp³-hybridized carbons (Fsp3) is 0.323. The zero-order valence-electron chi connectivity index (χ0n) is 22.7. The standard InChI is InChI=1S/C31H30F3N3O4/c1-19-16-21(20-12-14-23(40-2)15-13-20)10-11-22(19)18-41-27-8-4-3-6-24(27)26-7-5-9-28(36-26)37-29(31(32,33)34)25(17-35-37)30(38)39/h3-11,16-17,20,23H,12-15,18H2,1-2H3,(H,38,39). The summed E-state index contributed by atoms with van der Waals surface area (Å²) in [5.74, 6) is -0.849. The van der Waals surface area contributed by atoms with Gasteiger partial charge in [0.15, 0.2) is 11.5 Å². The van der Waals surface area contributed by atoms with Crippen molar-refractivity contribution in [2.45, 2.75) is 57.4 Å². The molecule has 2 aromatic heterocycles. The van der Waals surface area contributed by atoms with Crippen LogP contribution in [0, 0.1) is 6.92 Å². The number of carbonyl (C=O) groups is 1. The second kappa shape index (κ2) is 11.7. The maximum Gasteiger partial charge on any atom is 0.434 e. The molecule has 41 heavy (non-hydrogen) atoms. The smallest absolute Gasteiger partial charge is 0.434 e. The number of rotatable bonds is 8. The Balaban J connectivity index is 1.37. The van der Waals surface area contributed by atoms with Gasteiger partial charge in [0.1, 0.15) is 17.9 Å². The van der Waals surface area contributed by atoms with Gasteiger partial charge >= 0.3 is 12.1 Å². The maximum atomic E-state index is 13.8. The number of aromatic carboxylic acids is 1. The highest BCUT2D eigenvalue weighted by Crippen LogP contribution is 2.36. The molecular formula is C31H30F3N3O4. The van der Waals surface area contributed by atoms with Gasteiger partial charge in [0.2, 0.25) is 0 Å². The van der Waals surface area contributed by atoms with Crippen molar-refractivity contribution >= 4 is 5.97 Å². The quantitative estimate of drug-likeness (QED) is 0.243. The van der Waals surface area contributed by atoms with Gasteiger partial charge in [-0.05, 0) is 79.5 Å². The van der Waals surface area contributed by atoms with Gasteiger partial charge in [-0.15, -0.1) is 0 Å². The summed E-state index contributed by atoms with van der Waals surface area (Å²) in [5.41, 5.74) is 2.08. The Morgan fingerprint density at radius 3 is 2.49 bits per heavy atom. The Labute approximate surface area is 235 Å².